The molecular weight excluding hydrogens is 415 g/mol. The van der Waals surface area contributed by atoms with E-state index in [0.29, 0.717) is 42.8 Å². The molecule has 31 heavy (non-hydrogen) atoms. The van der Waals surface area contributed by atoms with Gasteiger partial charge in [-0.1, -0.05) is 30.1 Å². The summed E-state index contributed by atoms with van der Waals surface area (Å²) in [6.45, 7) is 1.88. The maximum atomic E-state index is 14.6. The molecule has 2 aromatic rings. The van der Waals surface area contributed by atoms with Gasteiger partial charge in [0, 0.05) is 31.0 Å². The van der Waals surface area contributed by atoms with Gasteiger partial charge in [0.05, 0.1) is 12.2 Å². The lowest BCUT2D eigenvalue weighted by Crippen LogP contribution is -2.39. The Kier molecular flexibility index (Phi) is 6.80. The zero-order valence-electron chi connectivity index (χ0n) is 17.6. The van der Waals surface area contributed by atoms with E-state index in [2.05, 4.69) is 4.72 Å². The number of nitrogens with zero attached hydrogens (tertiary/aromatic N) is 1. The van der Waals surface area contributed by atoms with Crippen molar-refractivity contribution in [3.8, 4) is 5.75 Å². The molecule has 0 unspecified atom stereocenters. The van der Waals surface area contributed by atoms with Crippen LogP contribution in [0.3, 0.4) is 0 Å². The van der Waals surface area contributed by atoms with Crippen molar-refractivity contribution < 1.29 is 18.7 Å². The largest absolute Gasteiger partial charge is 0.493 e. The third-order valence-corrected chi connectivity index (χ3v) is 6.34. The summed E-state index contributed by atoms with van der Waals surface area (Å²) in [4.78, 5) is 26.6. The zero-order chi connectivity index (χ0) is 21.8. The summed E-state index contributed by atoms with van der Waals surface area (Å²) >= 11 is 1.15. The lowest BCUT2D eigenvalue weighted by Gasteiger charge is -2.32. The summed E-state index contributed by atoms with van der Waals surface area (Å²) in [5.41, 5.74) is 1.70. The second kappa shape index (κ2) is 9.73. The van der Waals surface area contributed by atoms with E-state index in [1.165, 1.54) is 6.07 Å². The smallest absolute Gasteiger partial charge is 0.264 e. The van der Waals surface area contributed by atoms with Gasteiger partial charge in [-0.15, -0.1) is 0 Å². The van der Waals surface area contributed by atoms with Gasteiger partial charge in [-0.2, -0.15) is 0 Å². The molecule has 1 aliphatic carbocycles. The predicted molar refractivity (Wildman–Crippen MR) is 120 cm³/mol. The molecule has 5 nitrogen and oxygen atoms in total. The number of halogens is 1. The van der Waals surface area contributed by atoms with Gasteiger partial charge in [0.2, 0.25) is 0 Å². The summed E-state index contributed by atoms with van der Waals surface area (Å²) in [5, 5.41) is 0. The molecule has 7 heteroatoms. The molecule has 1 saturated carbocycles. The quantitative estimate of drug-likeness (QED) is 0.635. The number of ether oxygens (including phenoxy) is 1. The molecule has 0 aromatic heterocycles. The Labute approximate surface area is 186 Å². The van der Waals surface area contributed by atoms with Gasteiger partial charge in [0.25, 0.3) is 11.8 Å². The Bertz CT molecular complexity index is 941. The van der Waals surface area contributed by atoms with Crippen molar-refractivity contribution in [3.63, 3.8) is 0 Å². The van der Waals surface area contributed by atoms with Crippen molar-refractivity contribution in [2.24, 2.45) is 5.92 Å². The molecule has 164 valence electrons. The number of hydrogen-bond acceptors (Lipinski definition) is 4. The molecule has 0 radical (unpaired) electrons. The van der Waals surface area contributed by atoms with E-state index in [0.717, 1.165) is 43.2 Å². The molecule has 2 aromatic carbocycles. The van der Waals surface area contributed by atoms with E-state index < -0.39 is 11.7 Å². The van der Waals surface area contributed by atoms with E-state index in [9.17, 15) is 14.0 Å². The van der Waals surface area contributed by atoms with Gasteiger partial charge in [0.1, 0.15) is 11.6 Å². The molecule has 2 fully saturated rings. The summed E-state index contributed by atoms with van der Waals surface area (Å²) in [6.07, 6.45) is 5.51. The fourth-order valence-corrected chi connectivity index (χ4v) is 4.30. The number of rotatable bonds is 7. The van der Waals surface area contributed by atoms with Gasteiger partial charge < -0.3 is 9.64 Å². The van der Waals surface area contributed by atoms with E-state index >= 15 is 0 Å². The Morgan fingerprint density at radius 1 is 1.13 bits per heavy atom. The first-order chi connectivity index (χ1) is 15.1. The van der Waals surface area contributed by atoms with Crippen LogP contribution in [0.25, 0.3) is 0 Å². The lowest BCUT2D eigenvalue weighted by molar-refractivity contribution is 0.0660. The van der Waals surface area contributed by atoms with Crippen LogP contribution >= 0.6 is 11.9 Å². The van der Waals surface area contributed by atoms with Crippen LogP contribution < -0.4 is 9.46 Å². The Hall–Kier alpha value is -2.54. The molecule has 2 amide bonds. The SMILES string of the molecule is CSNC(=O)c1cc(C2CC2)c(OCC2CCN(C(=O)c3ccccc3)CC2)cc1F. The monoisotopic (exact) mass is 442 g/mol. The number of amides is 2. The van der Waals surface area contributed by atoms with Crippen LogP contribution in [0, 0.1) is 11.7 Å². The van der Waals surface area contributed by atoms with Crippen LogP contribution in [0.5, 0.6) is 5.75 Å². The average molecular weight is 443 g/mol. The van der Waals surface area contributed by atoms with E-state index in [1.54, 1.807) is 12.3 Å². The Morgan fingerprint density at radius 3 is 2.48 bits per heavy atom. The van der Waals surface area contributed by atoms with Crippen LogP contribution in [-0.2, 0) is 0 Å². The van der Waals surface area contributed by atoms with Crippen LogP contribution in [0.15, 0.2) is 42.5 Å². The zero-order valence-corrected chi connectivity index (χ0v) is 18.4. The van der Waals surface area contributed by atoms with Crippen LogP contribution in [0.4, 0.5) is 4.39 Å². The molecule has 1 saturated heterocycles. The number of piperidine rings is 1. The first kappa shape index (κ1) is 21.7. The number of carbonyl (C=O) groups is 2. The highest BCUT2D eigenvalue weighted by Gasteiger charge is 2.30. The van der Waals surface area contributed by atoms with Crippen molar-refractivity contribution in [2.75, 3.05) is 26.0 Å². The topological polar surface area (TPSA) is 58.6 Å². The number of likely N-dealkylation sites (tertiary alicyclic amines) is 1. The van der Waals surface area contributed by atoms with Gasteiger partial charge in [-0.05, 0) is 61.3 Å². The summed E-state index contributed by atoms with van der Waals surface area (Å²) in [5.74, 6) is 0.278. The van der Waals surface area contributed by atoms with E-state index in [1.807, 2.05) is 35.2 Å². The molecule has 0 spiro atoms. The maximum absolute atomic E-state index is 14.6. The lowest BCUT2D eigenvalue weighted by atomic mass is 9.97. The van der Waals surface area contributed by atoms with Crippen molar-refractivity contribution in [2.45, 2.75) is 31.6 Å². The molecular formula is C24H27FN2O3S. The molecule has 1 aliphatic heterocycles. The van der Waals surface area contributed by atoms with Crippen LogP contribution in [0.2, 0.25) is 0 Å². The molecule has 4 rings (SSSR count). The standard InChI is InChI=1S/C24H27FN2O3S/c1-31-26-23(28)20-13-19(17-7-8-17)22(14-21(20)25)30-15-16-9-11-27(12-10-16)24(29)18-5-3-2-4-6-18/h2-6,13-14,16-17H,7-12,15H2,1H3,(H,26,28). The van der Waals surface area contributed by atoms with Gasteiger partial charge >= 0.3 is 0 Å². The summed E-state index contributed by atoms with van der Waals surface area (Å²) < 4.78 is 23.2. The van der Waals surface area contributed by atoms with E-state index in [4.69, 9.17) is 4.74 Å². The minimum atomic E-state index is -0.561. The molecule has 1 N–H and O–H groups in total. The summed E-state index contributed by atoms with van der Waals surface area (Å²) in [6, 6.07) is 12.3. The van der Waals surface area contributed by atoms with Gasteiger partial charge in [0.15, 0.2) is 0 Å². The first-order valence-electron chi connectivity index (χ1n) is 10.7. The van der Waals surface area contributed by atoms with Crippen molar-refractivity contribution in [1.82, 2.24) is 9.62 Å². The van der Waals surface area contributed by atoms with E-state index in [-0.39, 0.29) is 11.5 Å². The molecule has 0 bridgehead atoms. The number of hydrogen-bond donors (Lipinski definition) is 1. The van der Waals surface area contributed by atoms with Crippen LogP contribution in [0.1, 0.15) is 57.9 Å². The minimum absolute atomic E-state index is 0.0660. The van der Waals surface area contributed by atoms with Gasteiger partial charge in [-0.25, -0.2) is 4.39 Å². The molecule has 0 atom stereocenters. The minimum Gasteiger partial charge on any atom is -0.493 e. The number of nitrogens with one attached hydrogen (secondary N) is 1. The van der Waals surface area contributed by atoms with Gasteiger partial charge in [-0.3, -0.25) is 14.3 Å². The van der Waals surface area contributed by atoms with Crippen LogP contribution in [-0.4, -0.2) is 42.7 Å². The fourth-order valence-electron chi connectivity index (χ4n) is 4.01. The molecule has 1 heterocycles. The Morgan fingerprint density at radius 2 is 1.84 bits per heavy atom. The highest BCUT2D eigenvalue weighted by molar-refractivity contribution is 7.97. The first-order valence-corrected chi connectivity index (χ1v) is 11.9. The average Bonchev–Trinajstić information content (AvgIpc) is 3.63. The Balaban J connectivity index is 1.36. The van der Waals surface area contributed by atoms with Crippen molar-refractivity contribution >= 4 is 23.8 Å². The normalized spacial score (nSPS) is 16.8. The highest BCUT2D eigenvalue weighted by Crippen LogP contribution is 2.45. The van der Waals surface area contributed by atoms with Crippen molar-refractivity contribution in [1.29, 1.82) is 0 Å². The molecule has 2 aliphatic rings. The highest BCUT2D eigenvalue weighted by atomic mass is 32.2. The predicted octanol–water partition coefficient (Wildman–Crippen LogP) is 4.64. The third-order valence-electron chi connectivity index (χ3n) is 5.95. The second-order valence-electron chi connectivity index (χ2n) is 8.19. The fraction of sp³-hybridized carbons (Fsp3) is 0.417. The number of benzene rings is 2. The second-order valence-corrected chi connectivity index (χ2v) is 8.80. The maximum Gasteiger partial charge on any atom is 0.264 e. The number of carbonyl (C=O) groups excluding carboxylic acids is 2. The van der Waals surface area contributed by atoms with Crippen molar-refractivity contribution in [3.05, 3.63) is 65.0 Å². The summed E-state index contributed by atoms with van der Waals surface area (Å²) in [7, 11) is 0. The third kappa shape index (κ3) is 5.21.